The number of carbonyl (C=O) groups is 1. The van der Waals surface area contributed by atoms with Crippen LogP contribution in [0.2, 0.25) is 0 Å². The highest BCUT2D eigenvalue weighted by Gasteiger charge is 2.17. The quantitative estimate of drug-likeness (QED) is 0.939. The molecule has 1 saturated heterocycles. The Kier molecular flexibility index (Phi) is 4.41. The van der Waals surface area contributed by atoms with Gasteiger partial charge in [0.1, 0.15) is 5.69 Å². The van der Waals surface area contributed by atoms with Crippen molar-refractivity contribution in [3.05, 3.63) is 42.2 Å². The molecule has 3 rings (SSSR count). The topological polar surface area (TPSA) is 61.4 Å². The van der Waals surface area contributed by atoms with Gasteiger partial charge in [-0.1, -0.05) is 0 Å². The van der Waals surface area contributed by atoms with Crippen LogP contribution >= 0.6 is 0 Å². The van der Waals surface area contributed by atoms with Crippen molar-refractivity contribution in [2.45, 2.75) is 12.8 Å². The summed E-state index contributed by atoms with van der Waals surface area (Å²) in [4.78, 5) is 25.2. The molecule has 1 aromatic heterocycles. The number of amides is 1. The molecule has 6 nitrogen and oxygen atoms in total. The van der Waals surface area contributed by atoms with Gasteiger partial charge in [0.05, 0.1) is 0 Å². The van der Waals surface area contributed by atoms with Crippen molar-refractivity contribution in [3.8, 4) is 0 Å². The van der Waals surface area contributed by atoms with E-state index in [-0.39, 0.29) is 5.91 Å². The minimum Gasteiger partial charge on any atom is -0.378 e. The lowest BCUT2D eigenvalue weighted by molar-refractivity contribution is 0.102. The Labute approximate surface area is 136 Å². The molecule has 120 valence electrons. The Bertz CT molecular complexity index is 678. The number of nitrogens with one attached hydrogen (secondary N) is 1. The number of nitrogens with zero attached hydrogens (tertiary/aromatic N) is 4. The molecule has 2 aromatic rings. The largest absolute Gasteiger partial charge is 0.378 e. The maximum Gasteiger partial charge on any atom is 0.274 e. The summed E-state index contributed by atoms with van der Waals surface area (Å²) in [6.45, 7) is 1.91. The van der Waals surface area contributed by atoms with E-state index in [9.17, 15) is 4.79 Å². The molecule has 1 fully saturated rings. The van der Waals surface area contributed by atoms with Gasteiger partial charge in [0, 0.05) is 44.8 Å². The molecule has 0 radical (unpaired) electrons. The third kappa shape index (κ3) is 3.59. The maximum atomic E-state index is 12.4. The molecule has 0 bridgehead atoms. The Balaban J connectivity index is 1.71. The van der Waals surface area contributed by atoms with E-state index in [1.807, 2.05) is 43.3 Å². The fourth-order valence-corrected chi connectivity index (χ4v) is 2.58. The molecule has 6 heteroatoms. The second kappa shape index (κ2) is 6.64. The summed E-state index contributed by atoms with van der Waals surface area (Å²) in [6.07, 6.45) is 3.95. The molecule has 0 spiro atoms. The Morgan fingerprint density at radius 3 is 2.48 bits per heavy atom. The summed E-state index contributed by atoms with van der Waals surface area (Å²) in [5.74, 6) is 0.420. The van der Waals surface area contributed by atoms with E-state index in [0.29, 0.717) is 11.6 Å². The fourth-order valence-electron chi connectivity index (χ4n) is 2.58. The lowest BCUT2D eigenvalue weighted by Gasteiger charge is -2.15. The summed E-state index contributed by atoms with van der Waals surface area (Å²) in [5, 5.41) is 2.88. The first-order valence-corrected chi connectivity index (χ1v) is 7.80. The van der Waals surface area contributed by atoms with Gasteiger partial charge in [-0.05, 0) is 43.2 Å². The van der Waals surface area contributed by atoms with E-state index < -0.39 is 0 Å². The molecule has 1 aliphatic rings. The highest BCUT2D eigenvalue weighted by molar-refractivity contribution is 6.03. The van der Waals surface area contributed by atoms with Crippen LogP contribution in [0.3, 0.4) is 0 Å². The average Bonchev–Trinajstić information content (AvgIpc) is 3.10. The van der Waals surface area contributed by atoms with Crippen molar-refractivity contribution in [1.29, 1.82) is 0 Å². The van der Waals surface area contributed by atoms with Gasteiger partial charge in [0.15, 0.2) is 0 Å². The number of carbonyl (C=O) groups excluding carboxylic acids is 1. The first kappa shape index (κ1) is 15.3. The van der Waals surface area contributed by atoms with Gasteiger partial charge < -0.3 is 15.1 Å². The highest BCUT2D eigenvalue weighted by atomic mass is 16.1. The molecule has 0 atom stereocenters. The Morgan fingerprint density at radius 2 is 1.83 bits per heavy atom. The van der Waals surface area contributed by atoms with Gasteiger partial charge in [-0.25, -0.2) is 9.97 Å². The zero-order valence-corrected chi connectivity index (χ0v) is 13.5. The number of hydrogen-bond acceptors (Lipinski definition) is 5. The molecular formula is C17H21N5O. The summed E-state index contributed by atoms with van der Waals surface area (Å²) in [6, 6.07) is 9.34. The van der Waals surface area contributed by atoms with Gasteiger partial charge >= 0.3 is 0 Å². The van der Waals surface area contributed by atoms with Gasteiger partial charge in [-0.2, -0.15) is 0 Å². The van der Waals surface area contributed by atoms with E-state index in [1.165, 1.54) is 0 Å². The summed E-state index contributed by atoms with van der Waals surface area (Å²) < 4.78 is 0. The van der Waals surface area contributed by atoms with Crippen LogP contribution in [0.1, 0.15) is 23.3 Å². The standard InChI is InChI=1S/C17H21N5O/c1-21(2)14-7-5-13(6-8-14)19-16(23)15-9-10-18-17(20-15)22-11-3-4-12-22/h5-10H,3-4,11-12H2,1-2H3,(H,19,23). The molecule has 2 heterocycles. The predicted molar refractivity (Wildman–Crippen MR) is 92.2 cm³/mol. The molecule has 1 N–H and O–H groups in total. The van der Waals surface area contributed by atoms with E-state index in [0.717, 1.165) is 37.3 Å². The van der Waals surface area contributed by atoms with Crippen molar-refractivity contribution in [3.63, 3.8) is 0 Å². The van der Waals surface area contributed by atoms with Crippen LogP contribution in [-0.2, 0) is 0 Å². The van der Waals surface area contributed by atoms with Crippen LogP contribution in [-0.4, -0.2) is 43.1 Å². The molecule has 1 aliphatic heterocycles. The third-order valence-corrected chi connectivity index (χ3v) is 3.91. The van der Waals surface area contributed by atoms with Crippen molar-refractivity contribution < 1.29 is 4.79 Å². The molecule has 1 aromatic carbocycles. The van der Waals surface area contributed by atoms with Gasteiger partial charge in [0.25, 0.3) is 5.91 Å². The van der Waals surface area contributed by atoms with Gasteiger partial charge in [0.2, 0.25) is 5.95 Å². The maximum absolute atomic E-state index is 12.4. The highest BCUT2D eigenvalue weighted by Crippen LogP contribution is 2.18. The minimum absolute atomic E-state index is 0.217. The van der Waals surface area contributed by atoms with Crippen LogP contribution in [0.25, 0.3) is 0 Å². The average molecular weight is 311 g/mol. The molecule has 23 heavy (non-hydrogen) atoms. The SMILES string of the molecule is CN(C)c1ccc(NC(=O)c2ccnc(N3CCCC3)n2)cc1. The van der Waals surface area contributed by atoms with Crippen molar-refractivity contribution in [2.75, 3.05) is 42.3 Å². The molecular weight excluding hydrogens is 290 g/mol. The van der Waals surface area contributed by atoms with Crippen molar-refractivity contribution >= 4 is 23.2 Å². The van der Waals surface area contributed by atoms with Gasteiger partial charge in [-0.3, -0.25) is 4.79 Å². The van der Waals surface area contributed by atoms with E-state index in [1.54, 1.807) is 12.3 Å². The Morgan fingerprint density at radius 1 is 1.13 bits per heavy atom. The number of anilines is 3. The molecule has 1 amide bonds. The normalized spacial score (nSPS) is 13.9. The minimum atomic E-state index is -0.217. The lowest BCUT2D eigenvalue weighted by atomic mass is 10.2. The number of hydrogen-bond donors (Lipinski definition) is 1. The number of aromatic nitrogens is 2. The predicted octanol–water partition coefficient (Wildman–Crippen LogP) is 2.40. The zero-order chi connectivity index (χ0) is 16.2. The zero-order valence-electron chi connectivity index (χ0n) is 13.5. The molecule has 0 aliphatic carbocycles. The van der Waals surface area contributed by atoms with E-state index >= 15 is 0 Å². The van der Waals surface area contributed by atoms with Crippen LogP contribution in [0.5, 0.6) is 0 Å². The van der Waals surface area contributed by atoms with Gasteiger partial charge in [-0.15, -0.1) is 0 Å². The second-order valence-electron chi connectivity index (χ2n) is 5.83. The third-order valence-electron chi connectivity index (χ3n) is 3.91. The molecule has 0 saturated carbocycles. The van der Waals surface area contributed by atoms with Crippen molar-refractivity contribution in [2.24, 2.45) is 0 Å². The van der Waals surface area contributed by atoms with E-state index in [2.05, 4.69) is 20.2 Å². The smallest absolute Gasteiger partial charge is 0.274 e. The Hall–Kier alpha value is -2.63. The van der Waals surface area contributed by atoms with Crippen LogP contribution < -0.4 is 15.1 Å². The summed E-state index contributed by atoms with van der Waals surface area (Å²) >= 11 is 0. The number of benzene rings is 1. The number of rotatable bonds is 4. The summed E-state index contributed by atoms with van der Waals surface area (Å²) in [7, 11) is 3.96. The molecule has 0 unspecified atom stereocenters. The van der Waals surface area contributed by atoms with Crippen LogP contribution in [0.4, 0.5) is 17.3 Å². The first-order chi connectivity index (χ1) is 11.1. The summed E-state index contributed by atoms with van der Waals surface area (Å²) in [5.41, 5.74) is 2.22. The lowest BCUT2D eigenvalue weighted by Crippen LogP contribution is -2.22. The monoisotopic (exact) mass is 311 g/mol. The van der Waals surface area contributed by atoms with E-state index in [4.69, 9.17) is 0 Å². The van der Waals surface area contributed by atoms with Crippen molar-refractivity contribution in [1.82, 2.24) is 9.97 Å². The fraction of sp³-hybridized carbons (Fsp3) is 0.353. The van der Waals surface area contributed by atoms with Crippen LogP contribution in [0, 0.1) is 0 Å². The second-order valence-corrected chi connectivity index (χ2v) is 5.83. The van der Waals surface area contributed by atoms with Crippen LogP contribution in [0.15, 0.2) is 36.5 Å². The first-order valence-electron chi connectivity index (χ1n) is 7.80.